The monoisotopic (exact) mass is 259 g/mol. The van der Waals surface area contributed by atoms with E-state index in [1.165, 1.54) is 0 Å². The van der Waals surface area contributed by atoms with Crippen molar-refractivity contribution < 1.29 is 0 Å². The molecule has 0 aliphatic rings. The smallest absolute Gasteiger partial charge is 0.204 e. The van der Waals surface area contributed by atoms with Gasteiger partial charge in [0, 0.05) is 12.1 Å². The van der Waals surface area contributed by atoms with Crippen LogP contribution in [-0.4, -0.2) is 33.3 Å². The molecule has 0 aliphatic carbocycles. The first-order chi connectivity index (χ1) is 9.11. The molecule has 2 aromatic rings. The van der Waals surface area contributed by atoms with Crippen molar-refractivity contribution in [3.05, 3.63) is 30.3 Å². The molecular weight excluding hydrogens is 238 g/mol. The van der Waals surface area contributed by atoms with Crippen molar-refractivity contribution in [1.82, 2.24) is 25.5 Å². The topological polar surface area (TPSA) is 55.6 Å². The zero-order valence-corrected chi connectivity index (χ0v) is 11.8. The lowest BCUT2D eigenvalue weighted by atomic mass is 9.94. The number of hydrogen-bond donors (Lipinski definition) is 1. The van der Waals surface area contributed by atoms with Gasteiger partial charge in [-0.1, -0.05) is 51.1 Å². The van der Waals surface area contributed by atoms with Gasteiger partial charge in [-0.15, -0.1) is 10.2 Å². The minimum atomic E-state index is 0.102. The Hall–Kier alpha value is -1.75. The van der Waals surface area contributed by atoms with Crippen molar-refractivity contribution in [1.29, 1.82) is 0 Å². The van der Waals surface area contributed by atoms with Gasteiger partial charge in [0.15, 0.2) is 0 Å². The van der Waals surface area contributed by atoms with Crippen LogP contribution in [0.4, 0.5) is 0 Å². The van der Waals surface area contributed by atoms with E-state index in [1.807, 2.05) is 30.3 Å². The summed E-state index contributed by atoms with van der Waals surface area (Å²) in [6.07, 6.45) is 0. The normalized spacial score (nSPS) is 11.7. The second-order valence-corrected chi connectivity index (χ2v) is 5.45. The van der Waals surface area contributed by atoms with E-state index in [9.17, 15) is 0 Å². The molecule has 0 saturated carbocycles. The lowest BCUT2D eigenvalue weighted by Gasteiger charge is -2.23. The van der Waals surface area contributed by atoms with Crippen molar-refractivity contribution in [2.24, 2.45) is 5.41 Å². The van der Waals surface area contributed by atoms with Crippen LogP contribution in [0.3, 0.4) is 0 Å². The van der Waals surface area contributed by atoms with Gasteiger partial charge in [-0.25, -0.2) is 0 Å². The summed E-state index contributed by atoms with van der Waals surface area (Å²) < 4.78 is 0. The lowest BCUT2D eigenvalue weighted by molar-refractivity contribution is 0.260. The molecule has 0 aliphatic heterocycles. The summed E-state index contributed by atoms with van der Waals surface area (Å²) in [5.41, 5.74) is 1.10. The molecule has 0 bridgehead atoms. The van der Waals surface area contributed by atoms with E-state index in [0.29, 0.717) is 5.82 Å². The van der Waals surface area contributed by atoms with Crippen LogP contribution in [0.15, 0.2) is 30.3 Å². The second-order valence-electron chi connectivity index (χ2n) is 5.45. The highest BCUT2D eigenvalue weighted by Crippen LogP contribution is 2.17. The first-order valence-corrected chi connectivity index (χ1v) is 6.65. The molecule has 1 heterocycles. The molecule has 19 heavy (non-hydrogen) atoms. The van der Waals surface area contributed by atoms with Crippen LogP contribution in [0, 0.1) is 5.41 Å². The van der Waals surface area contributed by atoms with Gasteiger partial charge in [-0.3, -0.25) is 0 Å². The highest BCUT2D eigenvalue weighted by molar-refractivity contribution is 5.52. The van der Waals surface area contributed by atoms with E-state index >= 15 is 0 Å². The Morgan fingerprint density at radius 2 is 1.95 bits per heavy atom. The van der Waals surface area contributed by atoms with Gasteiger partial charge in [-0.2, -0.15) is 4.80 Å². The van der Waals surface area contributed by atoms with E-state index in [1.54, 1.807) is 4.80 Å². The lowest BCUT2D eigenvalue weighted by Crippen LogP contribution is -2.33. The number of nitrogens with zero attached hydrogens (tertiary/aromatic N) is 4. The minimum Gasteiger partial charge on any atom is -0.316 e. The molecular formula is C14H21N5. The molecule has 5 heteroatoms. The van der Waals surface area contributed by atoms with Crippen LogP contribution >= 0.6 is 0 Å². The van der Waals surface area contributed by atoms with Crippen molar-refractivity contribution in [3.8, 4) is 11.4 Å². The highest BCUT2D eigenvalue weighted by atomic mass is 15.6. The molecule has 1 N–H and O–H groups in total. The fraction of sp³-hybridized carbons (Fsp3) is 0.500. The average Bonchev–Trinajstić information content (AvgIpc) is 2.85. The van der Waals surface area contributed by atoms with Crippen LogP contribution in [0.25, 0.3) is 11.4 Å². The Labute approximate surface area is 114 Å². The number of aromatic nitrogens is 4. The summed E-state index contributed by atoms with van der Waals surface area (Å²) in [5.74, 6) is 0.680. The van der Waals surface area contributed by atoms with Crippen LogP contribution in [-0.2, 0) is 6.54 Å². The van der Waals surface area contributed by atoms with Gasteiger partial charge in [0.25, 0.3) is 0 Å². The number of nitrogens with one attached hydrogen (secondary N) is 1. The molecule has 102 valence electrons. The third kappa shape index (κ3) is 3.86. The maximum atomic E-state index is 4.44. The van der Waals surface area contributed by atoms with E-state index in [2.05, 4.69) is 41.5 Å². The molecule has 0 unspecified atom stereocenters. The van der Waals surface area contributed by atoms with Crippen LogP contribution in [0.2, 0.25) is 0 Å². The maximum absolute atomic E-state index is 4.44. The largest absolute Gasteiger partial charge is 0.316 e. The molecule has 0 fully saturated rings. The van der Waals surface area contributed by atoms with Gasteiger partial charge in [0.1, 0.15) is 0 Å². The number of hydrogen-bond acceptors (Lipinski definition) is 4. The first kappa shape index (κ1) is 13.7. The Bertz CT molecular complexity index is 504. The van der Waals surface area contributed by atoms with Crippen LogP contribution in [0.5, 0.6) is 0 Å². The van der Waals surface area contributed by atoms with E-state index < -0.39 is 0 Å². The van der Waals surface area contributed by atoms with E-state index in [-0.39, 0.29) is 5.41 Å². The zero-order chi connectivity index (χ0) is 13.7. The Morgan fingerprint density at radius 1 is 1.21 bits per heavy atom. The first-order valence-electron chi connectivity index (χ1n) is 6.65. The standard InChI is InChI=1S/C14H21N5/c1-4-15-10-14(2,3)11-19-17-13(16-18-19)12-8-6-5-7-9-12/h5-9,15H,4,10-11H2,1-3H3. The zero-order valence-electron chi connectivity index (χ0n) is 11.8. The maximum Gasteiger partial charge on any atom is 0.204 e. The number of tetrazole rings is 1. The van der Waals surface area contributed by atoms with Crippen LogP contribution in [0.1, 0.15) is 20.8 Å². The second kappa shape index (κ2) is 5.93. The molecule has 5 nitrogen and oxygen atoms in total. The molecule has 1 aromatic carbocycles. The molecule has 0 saturated heterocycles. The summed E-state index contributed by atoms with van der Waals surface area (Å²) in [5, 5.41) is 16.0. The summed E-state index contributed by atoms with van der Waals surface area (Å²) in [6.45, 7) is 9.16. The number of benzene rings is 1. The molecule has 2 rings (SSSR count). The fourth-order valence-corrected chi connectivity index (χ4v) is 1.92. The summed E-state index contributed by atoms with van der Waals surface area (Å²) in [4.78, 5) is 1.68. The predicted molar refractivity (Wildman–Crippen MR) is 75.6 cm³/mol. The van der Waals surface area contributed by atoms with E-state index in [4.69, 9.17) is 0 Å². The van der Waals surface area contributed by atoms with Crippen molar-refractivity contribution >= 4 is 0 Å². The summed E-state index contributed by atoms with van der Waals surface area (Å²) in [7, 11) is 0. The predicted octanol–water partition coefficient (Wildman–Crippen LogP) is 1.98. The quantitative estimate of drug-likeness (QED) is 0.861. The average molecular weight is 259 g/mol. The number of rotatable bonds is 6. The molecule has 0 atom stereocenters. The minimum absolute atomic E-state index is 0.102. The Balaban J connectivity index is 2.05. The third-order valence-corrected chi connectivity index (χ3v) is 2.91. The van der Waals surface area contributed by atoms with Crippen molar-refractivity contribution in [3.63, 3.8) is 0 Å². The molecule has 0 amide bonds. The summed E-state index contributed by atoms with van der Waals surface area (Å²) >= 11 is 0. The van der Waals surface area contributed by atoms with Crippen molar-refractivity contribution in [2.45, 2.75) is 27.3 Å². The SMILES string of the molecule is CCNCC(C)(C)Cn1nnc(-c2ccccc2)n1. The van der Waals surface area contributed by atoms with Gasteiger partial charge < -0.3 is 5.32 Å². The Kier molecular flexibility index (Phi) is 4.27. The molecule has 1 aromatic heterocycles. The van der Waals surface area contributed by atoms with Gasteiger partial charge in [-0.05, 0) is 17.2 Å². The Morgan fingerprint density at radius 3 is 2.63 bits per heavy atom. The highest BCUT2D eigenvalue weighted by Gasteiger charge is 2.19. The fourth-order valence-electron chi connectivity index (χ4n) is 1.92. The summed E-state index contributed by atoms with van der Waals surface area (Å²) in [6, 6.07) is 9.92. The van der Waals surface area contributed by atoms with E-state index in [0.717, 1.165) is 25.2 Å². The molecule has 0 radical (unpaired) electrons. The van der Waals surface area contributed by atoms with Gasteiger partial charge in [0.05, 0.1) is 6.54 Å². The van der Waals surface area contributed by atoms with Crippen LogP contribution < -0.4 is 5.32 Å². The van der Waals surface area contributed by atoms with Gasteiger partial charge >= 0.3 is 0 Å². The van der Waals surface area contributed by atoms with Gasteiger partial charge in [0.2, 0.25) is 5.82 Å². The van der Waals surface area contributed by atoms with Crippen molar-refractivity contribution in [2.75, 3.05) is 13.1 Å². The third-order valence-electron chi connectivity index (χ3n) is 2.91. The molecule has 0 spiro atoms.